The minimum absolute atomic E-state index is 0.145. The van der Waals surface area contributed by atoms with E-state index >= 15 is 0 Å². The average Bonchev–Trinajstić information content (AvgIpc) is 2.33. The number of halogens is 2. The van der Waals surface area contributed by atoms with Gasteiger partial charge in [-0.3, -0.25) is 9.78 Å². The quantitative estimate of drug-likeness (QED) is 0.924. The van der Waals surface area contributed by atoms with Crippen molar-refractivity contribution in [3.05, 3.63) is 59.4 Å². The molecule has 5 heteroatoms. The third-order valence-corrected chi connectivity index (χ3v) is 2.55. The molecule has 2 rings (SSSR count). The second-order valence-electron chi connectivity index (χ2n) is 4.15. The Bertz CT molecular complexity index is 614. The summed E-state index contributed by atoms with van der Waals surface area (Å²) in [6, 6.07) is 6.51. The van der Waals surface area contributed by atoms with Crippen LogP contribution in [0.4, 0.5) is 14.5 Å². The third kappa shape index (κ3) is 3.58. The molecule has 0 unspecified atom stereocenters. The van der Waals surface area contributed by atoms with E-state index in [1.54, 1.807) is 25.3 Å². The number of hydrogen-bond donors (Lipinski definition) is 1. The Morgan fingerprint density at radius 3 is 2.74 bits per heavy atom. The molecule has 0 aliphatic heterocycles. The Kier molecular flexibility index (Phi) is 3.85. The van der Waals surface area contributed by atoms with Crippen molar-refractivity contribution >= 4 is 11.6 Å². The highest BCUT2D eigenvalue weighted by molar-refractivity contribution is 5.92. The molecule has 0 aliphatic rings. The standard InChI is InChI=1S/C14H12F2N2O/c1-9-6-12(4-5-17-9)18-14(19)7-10-2-3-11(15)8-13(10)16/h2-6,8H,7H2,1H3,(H,17,18,19). The fourth-order valence-corrected chi connectivity index (χ4v) is 1.67. The smallest absolute Gasteiger partial charge is 0.228 e. The molecule has 0 atom stereocenters. The van der Waals surface area contributed by atoms with Gasteiger partial charge < -0.3 is 5.32 Å². The van der Waals surface area contributed by atoms with Gasteiger partial charge in [0.25, 0.3) is 0 Å². The van der Waals surface area contributed by atoms with E-state index in [-0.39, 0.29) is 17.9 Å². The van der Waals surface area contributed by atoms with Crippen LogP contribution in [0.3, 0.4) is 0 Å². The first kappa shape index (κ1) is 13.1. The van der Waals surface area contributed by atoms with Crippen molar-refractivity contribution in [3.63, 3.8) is 0 Å². The van der Waals surface area contributed by atoms with Crippen LogP contribution in [0.15, 0.2) is 36.5 Å². The highest BCUT2D eigenvalue weighted by Crippen LogP contribution is 2.12. The van der Waals surface area contributed by atoms with Crippen LogP contribution in [0.5, 0.6) is 0 Å². The van der Waals surface area contributed by atoms with Crippen molar-refractivity contribution in [2.45, 2.75) is 13.3 Å². The molecule has 0 radical (unpaired) electrons. The molecule has 98 valence electrons. The lowest BCUT2D eigenvalue weighted by atomic mass is 10.1. The van der Waals surface area contributed by atoms with Gasteiger partial charge in [-0.2, -0.15) is 0 Å². The topological polar surface area (TPSA) is 42.0 Å². The normalized spacial score (nSPS) is 10.3. The number of hydrogen-bond acceptors (Lipinski definition) is 2. The number of aromatic nitrogens is 1. The van der Waals surface area contributed by atoms with E-state index in [0.29, 0.717) is 5.69 Å². The summed E-state index contributed by atoms with van der Waals surface area (Å²) in [7, 11) is 0. The summed E-state index contributed by atoms with van der Waals surface area (Å²) in [5.41, 5.74) is 1.52. The van der Waals surface area contributed by atoms with Crippen molar-refractivity contribution in [3.8, 4) is 0 Å². The summed E-state index contributed by atoms with van der Waals surface area (Å²) in [5, 5.41) is 2.63. The molecule has 0 fully saturated rings. The molecule has 0 aliphatic carbocycles. The van der Waals surface area contributed by atoms with E-state index in [1.165, 1.54) is 6.07 Å². The van der Waals surface area contributed by atoms with Crippen molar-refractivity contribution < 1.29 is 13.6 Å². The monoisotopic (exact) mass is 262 g/mol. The van der Waals surface area contributed by atoms with Gasteiger partial charge in [0.15, 0.2) is 0 Å². The lowest BCUT2D eigenvalue weighted by molar-refractivity contribution is -0.115. The highest BCUT2D eigenvalue weighted by atomic mass is 19.1. The predicted octanol–water partition coefficient (Wildman–Crippen LogP) is 2.85. The minimum atomic E-state index is -0.721. The first-order chi connectivity index (χ1) is 9.04. The molecule has 1 aromatic carbocycles. The largest absolute Gasteiger partial charge is 0.326 e. The average molecular weight is 262 g/mol. The maximum absolute atomic E-state index is 13.4. The van der Waals surface area contributed by atoms with Gasteiger partial charge in [0.1, 0.15) is 11.6 Å². The van der Waals surface area contributed by atoms with Crippen LogP contribution in [0, 0.1) is 18.6 Å². The Morgan fingerprint density at radius 2 is 2.05 bits per heavy atom. The molecule has 3 nitrogen and oxygen atoms in total. The number of nitrogens with one attached hydrogen (secondary N) is 1. The summed E-state index contributed by atoms with van der Waals surface area (Å²) >= 11 is 0. The molecule has 1 aromatic heterocycles. The van der Waals surface area contributed by atoms with Gasteiger partial charge in [0.05, 0.1) is 6.42 Å². The number of carbonyl (C=O) groups is 1. The first-order valence-electron chi connectivity index (χ1n) is 5.71. The number of pyridine rings is 1. The summed E-state index contributed by atoms with van der Waals surface area (Å²) in [6.45, 7) is 1.80. The molecule has 0 saturated heterocycles. The Balaban J connectivity index is 2.05. The number of anilines is 1. The van der Waals surface area contributed by atoms with Crippen LogP contribution in [-0.4, -0.2) is 10.9 Å². The van der Waals surface area contributed by atoms with Crippen LogP contribution in [-0.2, 0) is 11.2 Å². The number of carbonyl (C=O) groups excluding carboxylic acids is 1. The van der Waals surface area contributed by atoms with Crippen LogP contribution in [0.25, 0.3) is 0 Å². The molecule has 0 spiro atoms. The Hall–Kier alpha value is -2.30. The third-order valence-electron chi connectivity index (χ3n) is 2.55. The van der Waals surface area contributed by atoms with Gasteiger partial charge in [-0.15, -0.1) is 0 Å². The molecule has 0 saturated carbocycles. The zero-order valence-corrected chi connectivity index (χ0v) is 10.3. The molecule has 2 aromatic rings. The van der Waals surface area contributed by atoms with Gasteiger partial charge in [-0.25, -0.2) is 8.78 Å². The van der Waals surface area contributed by atoms with E-state index in [1.807, 2.05) is 0 Å². The van der Waals surface area contributed by atoms with Gasteiger partial charge >= 0.3 is 0 Å². The van der Waals surface area contributed by atoms with E-state index < -0.39 is 11.6 Å². The Morgan fingerprint density at radius 1 is 1.26 bits per heavy atom. The van der Waals surface area contributed by atoms with Crippen LogP contribution in [0.1, 0.15) is 11.3 Å². The van der Waals surface area contributed by atoms with Crippen LogP contribution >= 0.6 is 0 Å². The zero-order valence-electron chi connectivity index (χ0n) is 10.3. The van der Waals surface area contributed by atoms with E-state index in [4.69, 9.17) is 0 Å². The van der Waals surface area contributed by atoms with E-state index in [0.717, 1.165) is 17.8 Å². The SMILES string of the molecule is Cc1cc(NC(=O)Cc2ccc(F)cc2F)ccn1. The maximum Gasteiger partial charge on any atom is 0.228 e. The number of rotatable bonds is 3. The molecule has 0 bridgehead atoms. The summed E-state index contributed by atoms with van der Waals surface area (Å²) in [5.74, 6) is -1.75. The van der Waals surface area contributed by atoms with Crippen molar-refractivity contribution in [2.75, 3.05) is 5.32 Å². The summed E-state index contributed by atoms with van der Waals surface area (Å²) < 4.78 is 26.1. The second-order valence-corrected chi connectivity index (χ2v) is 4.15. The van der Waals surface area contributed by atoms with E-state index in [2.05, 4.69) is 10.3 Å². The molecule has 1 amide bonds. The summed E-state index contributed by atoms with van der Waals surface area (Å²) in [6.07, 6.45) is 1.43. The number of nitrogens with zero attached hydrogens (tertiary/aromatic N) is 1. The molecule has 19 heavy (non-hydrogen) atoms. The lowest BCUT2D eigenvalue weighted by Gasteiger charge is -2.06. The molecular weight excluding hydrogens is 250 g/mol. The second kappa shape index (κ2) is 5.56. The van der Waals surface area contributed by atoms with Gasteiger partial charge in [0, 0.05) is 23.6 Å². The van der Waals surface area contributed by atoms with Crippen molar-refractivity contribution in [1.29, 1.82) is 0 Å². The number of aryl methyl sites for hydroxylation is 1. The Labute approximate surface area is 109 Å². The van der Waals surface area contributed by atoms with Crippen molar-refractivity contribution in [1.82, 2.24) is 4.98 Å². The fourth-order valence-electron chi connectivity index (χ4n) is 1.67. The lowest BCUT2D eigenvalue weighted by Crippen LogP contribution is -2.15. The zero-order chi connectivity index (χ0) is 13.8. The van der Waals surface area contributed by atoms with Crippen LogP contribution < -0.4 is 5.32 Å². The van der Waals surface area contributed by atoms with Gasteiger partial charge in [0.2, 0.25) is 5.91 Å². The molecule has 1 N–H and O–H groups in total. The van der Waals surface area contributed by atoms with Crippen LogP contribution in [0.2, 0.25) is 0 Å². The number of benzene rings is 1. The molecular formula is C14H12F2N2O. The van der Waals surface area contributed by atoms with E-state index in [9.17, 15) is 13.6 Å². The maximum atomic E-state index is 13.4. The van der Waals surface area contributed by atoms with Gasteiger partial charge in [-0.05, 0) is 30.7 Å². The highest BCUT2D eigenvalue weighted by Gasteiger charge is 2.09. The van der Waals surface area contributed by atoms with Gasteiger partial charge in [-0.1, -0.05) is 6.07 Å². The first-order valence-corrected chi connectivity index (χ1v) is 5.71. The predicted molar refractivity (Wildman–Crippen MR) is 67.7 cm³/mol. The molecule has 1 heterocycles. The fraction of sp³-hybridized carbons (Fsp3) is 0.143. The summed E-state index contributed by atoms with van der Waals surface area (Å²) in [4.78, 5) is 15.7. The minimum Gasteiger partial charge on any atom is -0.326 e. The van der Waals surface area contributed by atoms with Crippen molar-refractivity contribution in [2.24, 2.45) is 0 Å². The number of amides is 1.